The van der Waals surface area contributed by atoms with Crippen molar-refractivity contribution in [2.75, 3.05) is 52.2 Å². The first-order valence-electron chi connectivity index (χ1n) is 8.34. The van der Waals surface area contributed by atoms with Gasteiger partial charge in [0, 0.05) is 56.9 Å². The first-order chi connectivity index (χ1) is 11.6. The second-order valence-electron chi connectivity index (χ2n) is 6.16. The zero-order valence-electron chi connectivity index (χ0n) is 14.1. The number of aromatic nitrogens is 1. The number of aromatic amines is 1. The highest BCUT2D eigenvalue weighted by atomic mass is 32.2. The van der Waals surface area contributed by atoms with E-state index in [0.29, 0.717) is 13.1 Å². The van der Waals surface area contributed by atoms with Gasteiger partial charge < -0.3 is 14.6 Å². The van der Waals surface area contributed by atoms with Gasteiger partial charge in [0.15, 0.2) is 0 Å². The Kier molecular flexibility index (Phi) is 5.55. The van der Waals surface area contributed by atoms with Crippen molar-refractivity contribution in [1.82, 2.24) is 14.2 Å². The normalized spacial score (nSPS) is 17.5. The fourth-order valence-corrected chi connectivity index (χ4v) is 4.52. The number of hydrogen-bond donors (Lipinski definition) is 1. The van der Waals surface area contributed by atoms with Crippen LogP contribution in [0, 0.1) is 0 Å². The molecule has 132 valence electrons. The van der Waals surface area contributed by atoms with Gasteiger partial charge in [-0.2, -0.15) is 4.31 Å². The fourth-order valence-electron chi connectivity index (χ4n) is 3.17. The average Bonchev–Trinajstić information content (AvgIpc) is 3.02. The van der Waals surface area contributed by atoms with E-state index < -0.39 is 10.0 Å². The summed E-state index contributed by atoms with van der Waals surface area (Å²) in [7, 11) is -1.65. The zero-order chi connectivity index (χ0) is 17.0. The lowest BCUT2D eigenvalue weighted by Crippen LogP contribution is -2.49. The summed E-state index contributed by atoms with van der Waals surface area (Å²) in [5.41, 5.74) is 2.49. The van der Waals surface area contributed by atoms with Crippen LogP contribution in [0.2, 0.25) is 0 Å². The van der Waals surface area contributed by atoms with Gasteiger partial charge in [-0.15, -0.1) is 0 Å². The van der Waals surface area contributed by atoms with E-state index in [1.54, 1.807) is 4.31 Å². The van der Waals surface area contributed by atoms with Crippen LogP contribution in [0.1, 0.15) is 5.56 Å². The lowest BCUT2D eigenvalue weighted by atomic mass is 10.1. The van der Waals surface area contributed by atoms with Crippen LogP contribution in [0.25, 0.3) is 10.9 Å². The van der Waals surface area contributed by atoms with Crippen LogP contribution in [0.4, 0.5) is 0 Å². The number of H-pyrrole nitrogens is 1. The third-order valence-electron chi connectivity index (χ3n) is 4.64. The van der Waals surface area contributed by atoms with Gasteiger partial charge in [0.1, 0.15) is 0 Å². The van der Waals surface area contributed by atoms with E-state index in [1.165, 1.54) is 23.6 Å². The molecule has 3 rings (SSSR count). The van der Waals surface area contributed by atoms with E-state index in [2.05, 4.69) is 34.3 Å². The minimum atomic E-state index is -3.18. The highest BCUT2D eigenvalue weighted by Crippen LogP contribution is 2.18. The molecule has 6 nitrogen and oxygen atoms in total. The minimum absolute atomic E-state index is 0.0683. The van der Waals surface area contributed by atoms with Crippen molar-refractivity contribution in [3.05, 3.63) is 36.0 Å². The van der Waals surface area contributed by atoms with Gasteiger partial charge in [0.05, 0.1) is 12.4 Å². The van der Waals surface area contributed by atoms with Gasteiger partial charge in [-0.05, 0) is 18.1 Å². The molecule has 1 fully saturated rings. The number of benzene rings is 1. The Morgan fingerprint density at radius 1 is 1.17 bits per heavy atom. The summed E-state index contributed by atoms with van der Waals surface area (Å²) in [6.07, 6.45) is 3.05. The molecule has 1 N–H and O–H groups in total. The third-order valence-corrected chi connectivity index (χ3v) is 6.48. The third kappa shape index (κ3) is 3.97. The van der Waals surface area contributed by atoms with E-state index in [-0.39, 0.29) is 12.4 Å². The van der Waals surface area contributed by atoms with Gasteiger partial charge >= 0.3 is 0 Å². The molecule has 24 heavy (non-hydrogen) atoms. The van der Waals surface area contributed by atoms with Crippen molar-refractivity contribution in [3.8, 4) is 0 Å². The highest BCUT2D eigenvalue weighted by Gasteiger charge is 2.26. The maximum atomic E-state index is 12.2. The van der Waals surface area contributed by atoms with Gasteiger partial charge in [0.25, 0.3) is 0 Å². The van der Waals surface area contributed by atoms with Crippen molar-refractivity contribution in [2.24, 2.45) is 0 Å². The standard InChI is InChI=1S/C17H25N3O3S/c1-23-12-13-24(21,22)20-10-8-19(9-11-20)7-6-15-14-18-17-5-3-2-4-16(15)17/h2-5,14,18H,6-13H2,1H3. The monoisotopic (exact) mass is 351 g/mol. The number of para-hydroxylation sites is 1. The molecule has 0 atom stereocenters. The molecule has 1 aromatic heterocycles. The Labute approximate surface area is 143 Å². The summed E-state index contributed by atoms with van der Waals surface area (Å²) in [5, 5.41) is 1.28. The van der Waals surface area contributed by atoms with Crippen molar-refractivity contribution in [3.63, 3.8) is 0 Å². The molecule has 0 saturated carbocycles. The Morgan fingerprint density at radius 3 is 2.67 bits per heavy atom. The molecule has 1 aliphatic rings. The summed E-state index contributed by atoms with van der Waals surface area (Å²) in [6, 6.07) is 8.32. The van der Waals surface area contributed by atoms with Crippen LogP contribution in [-0.4, -0.2) is 74.8 Å². The SMILES string of the molecule is COCCS(=O)(=O)N1CCN(CCc2c[nH]c3ccccc23)CC1. The van der Waals surface area contributed by atoms with Crippen LogP contribution >= 0.6 is 0 Å². The topological polar surface area (TPSA) is 65.6 Å². The Balaban J connectivity index is 1.51. The number of fused-ring (bicyclic) bond motifs is 1. The zero-order valence-corrected chi connectivity index (χ0v) is 14.9. The minimum Gasteiger partial charge on any atom is -0.384 e. The average molecular weight is 351 g/mol. The Bertz CT molecular complexity index is 764. The number of rotatable bonds is 7. The van der Waals surface area contributed by atoms with E-state index in [4.69, 9.17) is 4.74 Å². The van der Waals surface area contributed by atoms with Gasteiger partial charge in [-0.1, -0.05) is 18.2 Å². The van der Waals surface area contributed by atoms with Crippen molar-refractivity contribution in [2.45, 2.75) is 6.42 Å². The van der Waals surface area contributed by atoms with Crippen molar-refractivity contribution in [1.29, 1.82) is 0 Å². The molecule has 0 bridgehead atoms. The summed E-state index contributed by atoms with van der Waals surface area (Å²) >= 11 is 0. The first kappa shape index (κ1) is 17.4. The Hall–Kier alpha value is -1.41. The Morgan fingerprint density at radius 2 is 1.92 bits per heavy atom. The maximum Gasteiger partial charge on any atom is 0.216 e. The first-order valence-corrected chi connectivity index (χ1v) is 9.95. The van der Waals surface area contributed by atoms with E-state index in [1.807, 2.05) is 6.07 Å². The smallest absolute Gasteiger partial charge is 0.216 e. The molecule has 0 amide bonds. The predicted molar refractivity (Wildman–Crippen MR) is 95.7 cm³/mol. The molecule has 0 aliphatic carbocycles. The lowest BCUT2D eigenvalue weighted by Gasteiger charge is -2.33. The second kappa shape index (κ2) is 7.65. The highest BCUT2D eigenvalue weighted by molar-refractivity contribution is 7.89. The van der Waals surface area contributed by atoms with E-state index in [9.17, 15) is 8.42 Å². The van der Waals surface area contributed by atoms with Crippen LogP contribution in [0.5, 0.6) is 0 Å². The number of piperazine rings is 1. The quantitative estimate of drug-likeness (QED) is 0.817. The number of sulfonamides is 1. The summed E-state index contributed by atoms with van der Waals surface area (Å²) < 4.78 is 30.8. The van der Waals surface area contributed by atoms with Crippen LogP contribution < -0.4 is 0 Å². The van der Waals surface area contributed by atoms with E-state index in [0.717, 1.165) is 26.1 Å². The molecular formula is C17H25N3O3S. The predicted octanol–water partition coefficient (Wildman–Crippen LogP) is 1.30. The molecule has 1 saturated heterocycles. The molecule has 2 heterocycles. The van der Waals surface area contributed by atoms with Gasteiger partial charge in [-0.3, -0.25) is 0 Å². The molecule has 1 aromatic carbocycles. The van der Waals surface area contributed by atoms with Crippen LogP contribution in [-0.2, 0) is 21.2 Å². The van der Waals surface area contributed by atoms with Crippen LogP contribution in [0.3, 0.4) is 0 Å². The number of nitrogens with zero attached hydrogens (tertiary/aromatic N) is 2. The van der Waals surface area contributed by atoms with Gasteiger partial charge in [-0.25, -0.2) is 8.42 Å². The number of hydrogen-bond acceptors (Lipinski definition) is 4. The number of ether oxygens (including phenoxy) is 1. The lowest BCUT2D eigenvalue weighted by molar-refractivity contribution is 0.186. The second-order valence-corrected chi connectivity index (χ2v) is 8.25. The summed E-state index contributed by atoms with van der Waals surface area (Å²) in [4.78, 5) is 5.64. The van der Waals surface area contributed by atoms with Crippen molar-refractivity contribution < 1.29 is 13.2 Å². The fraction of sp³-hybridized carbons (Fsp3) is 0.529. The molecule has 1 aliphatic heterocycles. The van der Waals surface area contributed by atoms with Crippen molar-refractivity contribution >= 4 is 20.9 Å². The maximum absolute atomic E-state index is 12.2. The van der Waals surface area contributed by atoms with Crippen LogP contribution in [0.15, 0.2) is 30.5 Å². The molecule has 0 radical (unpaired) electrons. The van der Waals surface area contributed by atoms with Gasteiger partial charge in [0.2, 0.25) is 10.0 Å². The summed E-state index contributed by atoms with van der Waals surface area (Å²) in [5.74, 6) is 0.0683. The largest absolute Gasteiger partial charge is 0.384 e. The molecule has 0 unspecified atom stereocenters. The molecular weight excluding hydrogens is 326 g/mol. The molecule has 0 spiro atoms. The van der Waals surface area contributed by atoms with E-state index >= 15 is 0 Å². The molecule has 2 aromatic rings. The molecule has 7 heteroatoms. The summed E-state index contributed by atoms with van der Waals surface area (Å²) in [6.45, 7) is 3.92. The number of nitrogens with one attached hydrogen (secondary N) is 1. The number of methoxy groups -OCH3 is 1.